The summed E-state index contributed by atoms with van der Waals surface area (Å²) < 4.78 is 11.1. The predicted octanol–water partition coefficient (Wildman–Crippen LogP) is 2.54. The van der Waals surface area contributed by atoms with Gasteiger partial charge in [-0.25, -0.2) is 0 Å². The number of anilines is 1. The Morgan fingerprint density at radius 3 is 2.77 bits per heavy atom. The Morgan fingerprint density at radius 2 is 1.92 bits per heavy atom. The van der Waals surface area contributed by atoms with Crippen molar-refractivity contribution >= 4 is 17.5 Å². The first-order chi connectivity index (χ1) is 12.6. The molecule has 1 atom stereocenters. The van der Waals surface area contributed by atoms with E-state index < -0.39 is 5.92 Å². The molecule has 2 aromatic rings. The molecule has 0 spiro atoms. The van der Waals surface area contributed by atoms with E-state index in [9.17, 15) is 9.59 Å². The molecular formula is C20H20N2O4. The molecule has 26 heavy (non-hydrogen) atoms. The Hall–Kier alpha value is -3.02. The summed E-state index contributed by atoms with van der Waals surface area (Å²) >= 11 is 0. The lowest BCUT2D eigenvalue weighted by atomic mass is 9.89. The van der Waals surface area contributed by atoms with Crippen molar-refractivity contribution in [2.45, 2.75) is 18.9 Å². The first-order valence-corrected chi connectivity index (χ1v) is 8.64. The summed E-state index contributed by atoms with van der Waals surface area (Å²) in [6.07, 6.45) is 0.168. The van der Waals surface area contributed by atoms with Gasteiger partial charge in [-0.3, -0.25) is 9.59 Å². The van der Waals surface area contributed by atoms with Gasteiger partial charge in [0.15, 0.2) is 11.5 Å². The van der Waals surface area contributed by atoms with Crippen LogP contribution in [-0.4, -0.2) is 37.0 Å². The number of carbonyl (C=O) groups excluding carboxylic acids is 2. The summed E-state index contributed by atoms with van der Waals surface area (Å²) in [5.74, 6) is 0.781. The molecule has 1 unspecified atom stereocenters. The summed E-state index contributed by atoms with van der Waals surface area (Å²) in [6, 6.07) is 13.2. The Kier molecular flexibility index (Phi) is 4.24. The Bertz CT molecular complexity index is 865. The van der Waals surface area contributed by atoms with Crippen LogP contribution in [0.25, 0.3) is 0 Å². The number of hydrogen-bond donors (Lipinski definition) is 1. The molecule has 2 amide bonds. The molecule has 2 heterocycles. The number of rotatable bonds is 3. The van der Waals surface area contributed by atoms with Gasteiger partial charge in [0.25, 0.3) is 0 Å². The smallest absolute Gasteiger partial charge is 0.230 e. The normalized spacial score (nSPS) is 17.9. The van der Waals surface area contributed by atoms with Gasteiger partial charge < -0.3 is 19.7 Å². The molecule has 0 aromatic heterocycles. The predicted molar refractivity (Wildman–Crippen MR) is 96.3 cm³/mol. The number of nitrogens with zero attached hydrogens (tertiary/aromatic N) is 1. The zero-order chi connectivity index (χ0) is 18.1. The fourth-order valence-electron chi connectivity index (χ4n) is 3.44. The number of para-hydroxylation sites is 1. The van der Waals surface area contributed by atoms with Crippen LogP contribution in [0.1, 0.15) is 23.5 Å². The molecule has 2 aromatic carbocycles. The van der Waals surface area contributed by atoms with E-state index in [1.165, 1.54) is 0 Å². The molecule has 0 saturated carbocycles. The highest BCUT2D eigenvalue weighted by atomic mass is 16.6. The number of benzene rings is 2. The fourth-order valence-corrected chi connectivity index (χ4v) is 3.44. The topological polar surface area (TPSA) is 67.9 Å². The molecular weight excluding hydrogens is 332 g/mol. The van der Waals surface area contributed by atoms with E-state index in [-0.39, 0.29) is 18.2 Å². The molecule has 0 radical (unpaired) electrons. The van der Waals surface area contributed by atoms with Crippen LogP contribution in [-0.2, 0) is 16.1 Å². The van der Waals surface area contributed by atoms with Crippen LogP contribution in [0, 0.1) is 0 Å². The van der Waals surface area contributed by atoms with Crippen molar-refractivity contribution < 1.29 is 19.1 Å². The van der Waals surface area contributed by atoms with E-state index in [0.29, 0.717) is 25.5 Å². The largest absolute Gasteiger partial charge is 0.486 e. The van der Waals surface area contributed by atoms with E-state index in [2.05, 4.69) is 5.32 Å². The van der Waals surface area contributed by atoms with Gasteiger partial charge in [0.2, 0.25) is 11.8 Å². The molecule has 4 rings (SSSR count). The van der Waals surface area contributed by atoms with Gasteiger partial charge in [-0.1, -0.05) is 24.3 Å². The SMILES string of the molecule is CN(Cc1ccc2c(c1)OCCO2)C(=O)C1CC(=O)Nc2ccccc21. The summed E-state index contributed by atoms with van der Waals surface area (Å²) in [4.78, 5) is 26.6. The Labute approximate surface area is 151 Å². The molecule has 0 bridgehead atoms. The van der Waals surface area contributed by atoms with Crippen LogP contribution in [0.15, 0.2) is 42.5 Å². The van der Waals surface area contributed by atoms with E-state index >= 15 is 0 Å². The molecule has 2 aliphatic rings. The lowest BCUT2D eigenvalue weighted by Gasteiger charge is -2.29. The van der Waals surface area contributed by atoms with Crippen molar-refractivity contribution in [2.24, 2.45) is 0 Å². The molecule has 1 N–H and O–H groups in total. The minimum Gasteiger partial charge on any atom is -0.486 e. The van der Waals surface area contributed by atoms with Gasteiger partial charge in [0.1, 0.15) is 13.2 Å². The lowest BCUT2D eigenvalue weighted by Crippen LogP contribution is -2.36. The van der Waals surface area contributed by atoms with Gasteiger partial charge in [-0.15, -0.1) is 0 Å². The second-order valence-corrected chi connectivity index (χ2v) is 6.56. The standard InChI is InChI=1S/C20H20N2O4/c1-22(12-13-6-7-17-18(10-13)26-9-8-25-17)20(24)15-11-19(23)21-16-5-3-2-4-14(15)16/h2-7,10,15H,8-9,11-12H2,1H3,(H,21,23). The molecule has 0 saturated heterocycles. The highest BCUT2D eigenvalue weighted by Crippen LogP contribution is 2.34. The summed E-state index contributed by atoms with van der Waals surface area (Å²) in [5, 5.41) is 2.83. The van der Waals surface area contributed by atoms with Crippen LogP contribution >= 0.6 is 0 Å². The van der Waals surface area contributed by atoms with Gasteiger partial charge in [0.05, 0.1) is 5.92 Å². The third kappa shape index (κ3) is 3.10. The van der Waals surface area contributed by atoms with Crippen molar-refractivity contribution in [3.63, 3.8) is 0 Å². The minimum atomic E-state index is -0.456. The first kappa shape index (κ1) is 16.4. The van der Waals surface area contributed by atoms with E-state index in [0.717, 1.165) is 22.6 Å². The average Bonchev–Trinajstić information content (AvgIpc) is 2.66. The first-order valence-electron chi connectivity index (χ1n) is 8.64. The second-order valence-electron chi connectivity index (χ2n) is 6.56. The quantitative estimate of drug-likeness (QED) is 0.922. The zero-order valence-electron chi connectivity index (χ0n) is 14.5. The highest BCUT2D eigenvalue weighted by Gasteiger charge is 2.32. The summed E-state index contributed by atoms with van der Waals surface area (Å²) in [6.45, 7) is 1.52. The zero-order valence-corrected chi connectivity index (χ0v) is 14.5. The van der Waals surface area contributed by atoms with Gasteiger partial charge in [-0.2, -0.15) is 0 Å². The average molecular weight is 352 g/mol. The molecule has 134 valence electrons. The number of carbonyl (C=O) groups is 2. The highest BCUT2D eigenvalue weighted by molar-refractivity contribution is 6.01. The van der Waals surface area contributed by atoms with Crippen molar-refractivity contribution in [3.05, 3.63) is 53.6 Å². The third-order valence-electron chi connectivity index (χ3n) is 4.70. The van der Waals surface area contributed by atoms with Crippen LogP contribution in [0.4, 0.5) is 5.69 Å². The third-order valence-corrected chi connectivity index (χ3v) is 4.70. The number of nitrogens with one attached hydrogen (secondary N) is 1. The van der Waals surface area contributed by atoms with Crippen molar-refractivity contribution in [1.82, 2.24) is 4.90 Å². The van der Waals surface area contributed by atoms with E-state index in [1.807, 2.05) is 42.5 Å². The molecule has 6 heteroatoms. The van der Waals surface area contributed by atoms with E-state index in [1.54, 1.807) is 11.9 Å². The molecule has 6 nitrogen and oxygen atoms in total. The van der Waals surface area contributed by atoms with Crippen LogP contribution in [0.2, 0.25) is 0 Å². The number of hydrogen-bond acceptors (Lipinski definition) is 4. The monoisotopic (exact) mass is 352 g/mol. The Morgan fingerprint density at radius 1 is 1.15 bits per heavy atom. The maximum absolute atomic E-state index is 13.0. The maximum Gasteiger partial charge on any atom is 0.230 e. The number of likely N-dealkylation sites (N-methyl/N-ethyl adjacent to an activating group) is 1. The van der Waals surface area contributed by atoms with E-state index in [4.69, 9.17) is 9.47 Å². The molecule has 2 aliphatic heterocycles. The summed E-state index contributed by atoms with van der Waals surface area (Å²) in [5.41, 5.74) is 2.54. The second kappa shape index (κ2) is 6.71. The van der Waals surface area contributed by atoms with Gasteiger partial charge in [0, 0.05) is 25.7 Å². The maximum atomic E-state index is 13.0. The Balaban J connectivity index is 1.52. The minimum absolute atomic E-state index is 0.0674. The lowest BCUT2D eigenvalue weighted by molar-refractivity contribution is -0.134. The van der Waals surface area contributed by atoms with Gasteiger partial charge >= 0.3 is 0 Å². The van der Waals surface area contributed by atoms with Crippen molar-refractivity contribution in [1.29, 1.82) is 0 Å². The number of amides is 2. The fraction of sp³-hybridized carbons (Fsp3) is 0.300. The number of ether oxygens (including phenoxy) is 2. The van der Waals surface area contributed by atoms with Crippen LogP contribution in [0.5, 0.6) is 11.5 Å². The molecule has 0 fully saturated rings. The van der Waals surface area contributed by atoms with Crippen LogP contribution < -0.4 is 14.8 Å². The van der Waals surface area contributed by atoms with Crippen LogP contribution in [0.3, 0.4) is 0 Å². The number of fused-ring (bicyclic) bond motifs is 2. The van der Waals surface area contributed by atoms with Crippen molar-refractivity contribution in [2.75, 3.05) is 25.6 Å². The van der Waals surface area contributed by atoms with Crippen molar-refractivity contribution in [3.8, 4) is 11.5 Å². The summed E-state index contributed by atoms with van der Waals surface area (Å²) in [7, 11) is 1.76. The van der Waals surface area contributed by atoms with Gasteiger partial charge in [-0.05, 0) is 29.3 Å². The molecule has 0 aliphatic carbocycles.